The Morgan fingerprint density at radius 1 is 0.650 bits per heavy atom. The van der Waals surface area contributed by atoms with Gasteiger partial charge in [-0.2, -0.15) is 4.31 Å². The normalized spacial score (nSPS) is 12.8. The van der Waals surface area contributed by atoms with Crippen molar-refractivity contribution in [2.24, 2.45) is 0 Å². The predicted octanol–water partition coefficient (Wildman–Crippen LogP) is 7.06. The minimum absolute atomic E-state index is 0.232. The highest BCUT2D eigenvalue weighted by atomic mass is 32.4. The molecule has 0 aliphatic rings. The summed E-state index contributed by atoms with van der Waals surface area (Å²) in [6.45, 7) is 2.19. The molecule has 0 heterocycles. The third-order valence-corrected chi connectivity index (χ3v) is 13.8. The summed E-state index contributed by atoms with van der Waals surface area (Å²) in [7, 11) is -3.90. The third kappa shape index (κ3) is 6.19. The van der Waals surface area contributed by atoms with Crippen molar-refractivity contribution in [2.45, 2.75) is 24.4 Å². The number of aryl methyl sites for hydroxylation is 1. The van der Waals surface area contributed by atoms with E-state index in [4.69, 9.17) is 11.8 Å². The highest BCUT2D eigenvalue weighted by molar-refractivity contribution is 8.22. The molecule has 1 unspecified atom stereocenters. The van der Waals surface area contributed by atoms with Crippen LogP contribution in [0.4, 0.5) is 0 Å². The van der Waals surface area contributed by atoms with Crippen LogP contribution < -0.4 is 10.6 Å². The standard InChI is InChI=1S/C34H32NO2PS2/c1-28-22-24-33(25-23-28)40(36,37)35(26-29-14-6-2-7-15-29)34(30-16-8-3-9-17-30)27-38(39,31-18-10-4-11-19-31)32-20-12-5-13-21-32/h2-25,34H,26-27H2,1H3. The number of rotatable bonds is 10. The largest absolute Gasteiger partial charge is 0.243 e. The van der Waals surface area contributed by atoms with Crippen LogP contribution in [0.25, 0.3) is 0 Å². The lowest BCUT2D eigenvalue weighted by Gasteiger charge is -2.36. The molecule has 6 heteroatoms. The zero-order chi connectivity index (χ0) is 28.0. The first kappa shape index (κ1) is 28.2. The van der Waals surface area contributed by atoms with Crippen LogP contribution in [-0.4, -0.2) is 18.9 Å². The number of hydrogen-bond acceptors (Lipinski definition) is 3. The first-order chi connectivity index (χ1) is 19.4. The molecule has 5 rings (SSSR count). The molecular weight excluding hydrogens is 549 g/mol. The highest BCUT2D eigenvalue weighted by Gasteiger charge is 2.37. The van der Waals surface area contributed by atoms with Gasteiger partial charge in [-0.3, -0.25) is 0 Å². The third-order valence-electron chi connectivity index (χ3n) is 7.12. The topological polar surface area (TPSA) is 37.4 Å². The molecule has 0 spiro atoms. The maximum Gasteiger partial charge on any atom is 0.243 e. The molecule has 5 aromatic carbocycles. The molecule has 0 N–H and O–H groups in total. The van der Waals surface area contributed by atoms with Gasteiger partial charge < -0.3 is 0 Å². The first-order valence-corrected chi connectivity index (χ1v) is 17.7. The Balaban J connectivity index is 1.71. The fourth-order valence-electron chi connectivity index (χ4n) is 4.95. The fraction of sp³-hybridized carbons (Fsp3) is 0.118. The van der Waals surface area contributed by atoms with Gasteiger partial charge in [0.2, 0.25) is 10.0 Å². The van der Waals surface area contributed by atoms with Gasteiger partial charge >= 0.3 is 0 Å². The number of sulfonamides is 1. The predicted molar refractivity (Wildman–Crippen MR) is 171 cm³/mol. The minimum atomic E-state index is -3.90. The molecule has 0 bridgehead atoms. The van der Waals surface area contributed by atoms with E-state index in [-0.39, 0.29) is 11.4 Å². The van der Waals surface area contributed by atoms with Crippen molar-refractivity contribution in [3.63, 3.8) is 0 Å². The summed E-state index contributed by atoms with van der Waals surface area (Å²) < 4.78 is 30.7. The Hall–Kier alpha value is -3.34. The molecule has 1 atom stereocenters. The van der Waals surface area contributed by atoms with Crippen LogP contribution in [0.2, 0.25) is 0 Å². The van der Waals surface area contributed by atoms with Gasteiger partial charge in [0, 0.05) is 18.7 Å². The lowest BCUT2D eigenvalue weighted by atomic mass is 10.1. The van der Waals surface area contributed by atoms with Crippen molar-refractivity contribution in [1.82, 2.24) is 4.31 Å². The zero-order valence-electron chi connectivity index (χ0n) is 22.4. The molecule has 0 aromatic heterocycles. The van der Waals surface area contributed by atoms with E-state index in [1.165, 1.54) is 0 Å². The van der Waals surface area contributed by atoms with E-state index >= 15 is 0 Å². The fourth-order valence-corrected chi connectivity index (χ4v) is 10.7. The van der Waals surface area contributed by atoms with Crippen molar-refractivity contribution in [3.05, 3.63) is 162 Å². The second-order valence-electron chi connectivity index (χ2n) is 9.87. The Bertz CT molecular complexity index is 1630. The molecule has 0 aliphatic heterocycles. The van der Waals surface area contributed by atoms with Crippen molar-refractivity contribution in [2.75, 3.05) is 6.16 Å². The van der Waals surface area contributed by atoms with E-state index < -0.39 is 22.1 Å². The maximum atomic E-state index is 14.5. The van der Waals surface area contributed by atoms with Crippen LogP contribution >= 0.6 is 6.04 Å². The smallest absolute Gasteiger partial charge is 0.207 e. The SMILES string of the molecule is Cc1ccc(S(=O)(=O)N(Cc2ccccc2)C(CP(=S)(c2ccccc2)c2ccccc2)c2ccccc2)cc1. The van der Waals surface area contributed by atoms with Crippen LogP contribution in [0.5, 0.6) is 0 Å². The van der Waals surface area contributed by atoms with E-state index in [2.05, 4.69) is 24.3 Å². The van der Waals surface area contributed by atoms with Gasteiger partial charge in [-0.05, 0) is 40.8 Å². The quantitative estimate of drug-likeness (QED) is 0.166. The van der Waals surface area contributed by atoms with Crippen LogP contribution in [0.15, 0.2) is 150 Å². The van der Waals surface area contributed by atoms with E-state index in [0.29, 0.717) is 6.16 Å². The summed E-state index contributed by atoms with van der Waals surface area (Å²) >= 11 is 6.64. The van der Waals surface area contributed by atoms with Crippen LogP contribution in [-0.2, 0) is 28.4 Å². The van der Waals surface area contributed by atoms with Crippen molar-refractivity contribution in [1.29, 1.82) is 0 Å². The van der Waals surface area contributed by atoms with Gasteiger partial charge in [-0.1, -0.05) is 151 Å². The van der Waals surface area contributed by atoms with Gasteiger partial charge in [0.15, 0.2) is 0 Å². The maximum absolute atomic E-state index is 14.5. The average molecular weight is 582 g/mol. The number of hydrogen-bond donors (Lipinski definition) is 0. The lowest BCUT2D eigenvalue weighted by Crippen LogP contribution is -2.38. The summed E-state index contributed by atoms with van der Waals surface area (Å²) in [5.74, 6) is 0. The van der Waals surface area contributed by atoms with E-state index in [0.717, 1.165) is 27.3 Å². The van der Waals surface area contributed by atoms with Crippen LogP contribution in [0.1, 0.15) is 22.7 Å². The Morgan fingerprint density at radius 2 is 1.10 bits per heavy atom. The zero-order valence-corrected chi connectivity index (χ0v) is 24.9. The van der Waals surface area contributed by atoms with E-state index in [9.17, 15) is 8.42 Å². The summed E-state index contributed by atoms with van der Waals surface area (Å²) in [4.78, 5) is 0.280. The average Bonchev–Trinajstić information content (AvgIpc) is 3.01. The molecule has 0 fully saturated rings. The molecule has 0 amide bonds. The van der Waals surface area contributed by atoms with Crippen molar-refractivity contribution < 1.29 is 8.42 Å². The molecular formula is C34H32NO2PS2. The minimum Gasteiger partial charge on any atom is -0.207 e. The van der Waals surface area contributed by atoms with Gasteiger partial charge in [-0.15, -0.1) is 0 Å². The molecule has 0 radical (unpaired) electrons. The van der Waals surface area contributed by atoms with Crippen molar-refractivity contribution in [3.8, 4) is 0 Å². The Labute approximate surface area is 243 Å². The second kappa shape index (κ2) is 12.4. The second-order valence-corrected chi connectivity index (χ2v) is 16.5. The van der Waals surface area contributed by atoms with Gasteiger partial charge in [-0.25, -0.2) is 8.42 Å². The number of nitrogens with zero attached hydrogens (tertiary/aromatic N) is 1. The summed E-state index contributed by atoms with van der Waals surface area (Å²) in [5, 5.41) is 2.15. The molecule has 0 saturated heterocycles. The van der Waals surface area contributed by atoms with Gasteiger partial charge in [0.1, 0.15) is 0 Å². The first-order valence-electron chi connectivity index (χ1n) is 13.3. The highest BCUT2D eigenvalue weighted by Crippen LogP contribution is 2.49. The van der Waals surface area contributed by atoms with Crippen molar-refractivity contribution >= 4 is 38.5 Å². The summed E-state index contributed by atoms with van der Waals surface area (Å²) in [6.07, 6.45) is 0.484. The van der Waals surface area contributed by atoms with Crippen LogP contribution in [0, 0.1) is 6.92 Å². The Morgan fingerprint density at radius 3 is 1.60 bits per heavy atom. The Kier molecular flexibility index (Phi) is 8.78. The molecule has 3 nitrogen and oxygen atoms in total. The lowest BCUT2D eigenvalue weighted by molar-refractivity contribution is 0.339. The molecule has 0 aliphatic carbocycles. The molecule has 5 aromatic rings. The molecule has 0 saturated carbocycles. The van der Waals surface area contributed by atoms with Crippen LogP contribution in [0.3, 0.4) is 0 Å². The van der Waals surface area contributed by atoms with E-state index in [1.54, 1.807) is 16.4 Å². The van der Waals surface area contributed by atoms with Gasteiger partial charge in [0.25, 0.3) is 0 Å². The number of benzene rings is 5. The monoisotopic (exact) mass is 581 g/mol. The van der Waals surface area contributed by atoms with E-state index in [1.807, 2.05) is 116 Å². The summed E-state index contributed by atoms with van der Waals surface area (Å²) in [5.41, 5.74) is 2.86. The molecule has 202 valence electrons. The van der Waals surface area contributed by atoms with Gasteiger partial charge in [0.05, 0.1) is 10.9 Å². The summed E-state index contributed by atoms with van der Waals surface area (Å²) in [6, 6.07) is 44.3. The molecule has 40 heavy (non-hydrogen) atoms.